The largest absolute Gasteiger partial charge is 0.456 e. The lowest BCUT2D eigenvalue weighted by atomic mass is 9.71. The van der Waals surface area contributed by atoms with Gasteiger partial charge in [0.2, 0.25) is 0 Å². The normalized spacial score (nSPS) is 13.1. The molecule has 0 aliphatic carbocycles. The van der Waals surface area contributed by atoms with E-state index in [9.17, 15) is 18.0 Å². The Morgan fingerprint density at radius 2 is 1.55 bits per heavy atom. The first-order valence-electron chi connectivity index (χ1n) is 7.15. The second-order valence-electron chi connectivity index (χ2n) is 7.00. The Labute approximate surface area is 129 Å². The number of benzene rings is 1. The van der Waals surface area contributed by atoms with E-state index >= 15 is 0 Å². The van der Waals surface area contributed by atoms with E-state index in [0.29, 0.717) is 6.42 Å². The van der Waals surface area contributed by atoms with Crippen LogP contribution in [0.1, 0.15) is 45.2 Å². The fourth-order valence-corrected chi connectivity index (χ4v) is 2.63. The van der Waals surface area contributed by atoms with Crippen molar-refractivity contribution in [2.45, 2.75) is 52.6 Å². The molecule has 124 valence electrons. The van der Waals surface area contributed by atoms with Crippen LogP contribution in [-0.4, -0.2) is 18.8 Å². The van der Waals surface area contributed by atoms with Crippen LogP contribution in [0.25, 0.3) is 0 Å². The van der Waals surface area contributed by atoms with Crippen LogP contribution in [0.3, 0.4) is 0 Å². The zero-order valence-electron chi connectivity index (χ0n) is 13.7. The van der Waals surface area contributed by atoms with Crippen molar-refractivity contribution in [3.8, 4) is 0 Å². The Bertz CT molecular complexity index is 514. The first-order chi connectivity index (χ1) is 9.83. The molecule has 0 amide bonds. The molecule has 1 aromatic rings. The first-order valence-corrected chi connectivity index (χ1v) is 7.15. The van der Waals surface area contributed by atoms with Crippen LogP contribution in [-0.2, 0) is 14.9 Å². The zero-order valence-corrected chi connectivity index (χ0v) is 13.7. The number of halogens is 3. The molecular weight excluding hydrogens is 293 g/mol. The molecule has 0 unspecified atom stereocenters. The minimum atomic E-state index is -4.50. The van der Waals surface area contributed by atoms with Gasteiger partial charge in [-0.05, 0) is 38.2 Å². The number of ether oxygens (including phenoxy) is 1. The van der Waals surface area contributed by atoms with E-state index in [1.54, 1.807) is 13.8 Å². The number of hydrogen-bond donors (Lipinski definition) is 0. The van der Waals surface area contributed by atoms with Gasteiger partial charge in [0.05, 0.1) is 5.41 Å². The summed E-state index contributed by atoms with van der Waals surface area (Å²) in [6.45, 7) is 7.60. The Kier molecular flexibility index (Phi) is 5.31. The van der Waals surface area contributed by atoms with Gasteiger partial charge in [-0.2, -0.15) is 13.2 Å². The van der Waals surface area contributed by atoms with E-state index in [1.807, 2.05) is 45.0 Å². The maximum Gasteiger partial charge on any atom is 0.422 e. The number of carbonyl (C=O) groups excluding carboxylic acids is 1. The Hall–Kier alpha value is -1.52. The average Bonchev–Trinajstić information content (AvgIpc) is 2.34. The van der Waals surface area contributed by atoms with E-state index in [2.05, 4.69) is 4.74 Å². The summed E-state index contributed by atoms with van der Waals surface area (Å²) in [6, 6.07) is 7.91. The third-order valence-corrected chi connectivity index (χ3v) is 3.64. The molecule has 0 aromatic heterocycles. The number of rotatable bonds is 5. The SMILES string of the molecule is Cc1ccc(C(C)(C)CC(C)(C)C(=O)OCC(F)(F)F)cc1. The van der Waals surface area contributed by atoms with Gasteiger partial charge in [0, 0.05) is 0 Å². The summed E-state index contributed by atoms with van der Waals surface area (Å²) in [6.07, 6.45) is -4.11. The van der Waals surface area contributed by atoms with E-state index < -0.39 is 24.2 Å². The molecule has 1 aromatic carbocycles. The summed E-state index contributed by atoms with van der Waals surface area (Å²) in [4.78, 5) is 12.0. The molecule has 0 atom stereocenters. The van der Waals surface area contributed by atoms with Crippen molar-refractivity contribution in [1.82, 2.24) is 0 Å². The van der Waals surface area contributed by atoms with E-state index in [1.165, 1.54) is 0 Å². The van der Waals surface area contributed by atoms with Crippen molar-refractivity contribution < 1.29 is 22.7 Å². The third kappa shape index (κ3) is 5.35. The van der Waals surface area contributed by atoms with Gasteiger partial charge in [0.1, 0.15) is 0 Å². The molecule has 0 N–H and O–H groups in total. The van der Waals surface area contributed by atoms with Gasteiger partial charge in [-0.1, -0.05) is 43.7 Å². The van der Waals surface area contributed by atoms with Gasteiger partial charge in [-0.15, -0.1) is 0 Å². The molecule has 2 nitrogen and oxygen atoms in total. The van der Waals surface area contributed by atoms with Gasteiger partial charge >= 0.3 is 12.1 Å². The highest BCUT2D eigenvalue weighted by Gasteiger charge is 2.39. The molecule has 0 spiro atoms. The van der Waals surface area contributed by atoms with Crippen LogP contribution in [0.2, 0.25) is 0 Å². The second-order valence-corrected chi connectivity index (χ2v) is 7.00. The zero-order chi connectivity index (χ0) is 17.2. The summed E-state index contributed by atoms with van der Waals surface area (Å²) in [5.74, 6) is -0.829. The highest BCUT2D eigenvalue weighted by atomic mass is 19.4. The van der Waals surface area contributed by atoms with Crippen LogP contribution < -0.4 is 0 Å². The monoisotopic (exact) mass is 316 g/mol. The number of esters is 1. The summed E-state index contributed by atoms with van der Waals surface area (Å²) < 4.78 is 40.9. The summed E-state index contributed by atoms with van der Waals surface area (Å²) in [5, 5.41) is 0. The topological polar surface area (TPSA) is 26.3 Å². The number of carbonyl (C=O) groups is 1. The molecule has 0 radical (unpaired) electrons. The molecular formula is C17H23F3O2. The molecule has 0 bridgehead atoms. The average molecular weight is 316 g/mol. The van der Waals surface area contributed by atoms with Gasteiger partial charge in [-0.3, -0.25) is 4.79 Å². The van der Waals surface area contributed by atoms with Gasteiger partial charge in [0.25, 0.3) is 0 Å². The Morgan fingerprint density at radius 1 is 1.05 bits per heavy atom. The van der Waals surface area contributed by atoms with E-state index in [0.717, 1.165) is 11.1 Å². The smallest absolute Gasteiger partial charge is 0.422 e. The van der Waals surface area contributed by atoms with Gasteiger partial charge in [-0.25, -0.2) is 0 Å². The van der Waals surface area contributed by atoms with Crippen LogP contribution in [0, 0.1) is 12.3 Å². The fraction of sp³-hybridized carbons (Fsp3) is 0.588. The van der Waals surface area contributed by atoms with Crippen molar-refractivity contribution >= 4 is 5.97 Å². The predicted molar refractivity (Wildman–Crippen MR) is 79.6 cm³/mol. The maximum absolute atomic E-state index is 12.2. The molecule has 0 aliphatic rings. The van der Waals surface area contributed by atoms with Crippen LogP contribution in [0.5, 0.6) is 0 Å². The Morgan fingerprint density at radius 3 is 2.00 bits per heavy atom. The predicted octanol–water partition coefficient (Wildman–Crippen LogP) is 4.79. The molecule has 5 heteroatoms. The minimum Gasteiger partial charge on any atom is -0.456 e. The van der Waals surface area contributed by atoms with Gasteiger partial charge in [0.15, 0.2) is 6.61 Å². The standard InChI is InChI=1S/C17H23F3O2/c1-12-6-8-13(9-7-12)15(2,3)10-16(4,5)14(21)22-11-17(18,19)20/h6-9H,10-11H2,1-5H3. The van der Waals surface area contributed by atoms with Crippen LogP contribution in [0.4, 0.5) is 13.2 Å². The minimum absolute atomic E-state index is 0.353. The van der Waals surface area contributed by atoms with Crippen molar-refractivity contribution in [3.63, 3.8) is 0 Å². The lowest BCUT2D eigenvalue weighted by Crippen LogP contribution is -2.36. The van der Waals surface area contributed by atoms with E-state index in [-0.39, 0.29) is 5.41 Å². The fourth-order valence-electron chi connectivity index (χ4n) is 2.63. The number of aryl methyl sites for hydroxylation is 1. The van der Waals surface area contributed by atoms with Crippen molar-refractivity contribution in [1.29, 1.82) is 0 Å². The molecule has 0 aliphatic heterocycles. The van der Waals surface area contributed by atoms with Crippen molar-refractivity contribution in [2.75, 3.05) is 6.61 Å². The highest BCUT2D eigenvalue weighted by molar-refractivity contribution is 5.76. The molecule has 0 saturated heterocycles. The molecule has 0 saturated carbocycles. The van der Waals surface area contributed by atoms with Crippen LogP contribution in [0.15, 0.2) is 24.3 Å². The van der Waals surface area contributed by atoms with Crippen molar-refractivity contribution in [3.05, 3.63) is 35.4 Å². The highest BCUT2D eigenvalue weighted by Crippen LogP contribution is 2.37. The molecule has 22 heavy (non-hydrogen) atoms. The lowest BCUT2D eigenvalue weighted by Gasteiger charge is -2.34. The van der Waals surface area contributed by atoms with Crippen molar-refractivity contribution in [2.24, 2.45) is 5.41 Å². The summed E-state index contributed by atoms with van der Waals surface area (Å²) in [5.41, 5.74) is 0.812. The third-order valence-electron chi connectivity index (χ3n) is 3.64. The second kappa shape index (κ2) is 6.31. The van der Waals surface area contributed by atoms with Crippen LogP contribution >= 0.6 is 0 Å². The van der Waals surface area contributed by atoms with E-state index in [4.69, 9.17) is 0 Å². The molecule has 0 fully saturated rings. The summed E-state index contributed by atoms with van der Waals surface area (Å²) in [7, 11) is 0. The first kappa shape index (κ1) is 18.5. The van der Waals surface area contributed by atoms with Gasteiger partial charge < -0.3 is 4.74 Å². The molecule has 1 rings (SSSR count). The lowest BCUT2D eigenvalue weighted by molar-refractivity contribution is -0.193. The number of alkyl halides is 3. The number of hydrogen-bond acceptors (Lipinski definition) is 2. The summed E-state index contributed by atoms with van der Waals surface area (Å²) >= 11 is 0. The Balaban J connectivity index is 2.81. The maximum atomic E-state index is 12.2. The quantitative estimate of drug-likeness (QED) is 0.730. The molecule has 0 heterocycles.